The van der Waals surface area contributed by atoms with Gasteiger partial charge in [0.15, 0.2) is 6.04 Å². The summed E-state index contributed by atoms with van der Waals surface area (Å²) in [4.78, 5) is 51.3. The van der Waals surface area contributed by atoms with Crippen LogP contribution < -0.4 is 11.1 Å². The van der Waals surface area contributed by atoms with E-state index in [1.807, 2.05) is 0 Å². The zero-order valence-corrected chi connectivity index (χ0v) is 14.8. The van der Waals surface area contributed by atoms with E-state index in [9.17, 15) is 24.3 Å². The number of aliphatic carboxylic acids is 1. The van der Waals surface area contributed by atoms with Crippen molar-refractivity contribution in [3.05, 3.63) is 0 Å². The molecule has 0 aromatic heterocycles. The van der Waals surface area contributed by atoms with Crippen LogP contribution in [0.15, 0.2) is 0 Å². The fourth-order valence-corrected chi connectivity index (χ4v) is 3.57. The number of nitrogens with one attached hydrogen (secondary N) is 1. The molecule has 10 nitrogen and oxygen atoms in total. The molecule has 0 aromatic rings. The lowest BCUT2D eigenvalue weighted by molar-refractivity contribution is -0.148. The minimum atomic E-state index is -1.44. The second-order valence-corrected chi connectivity index (χ2v) is 6.70. The van der Waals surface area contributed by atoms with E-state index in [0.717, 1.165) is 0 Å². The number of carbonyl (C=O) groups is 4. The second-order valence-electron chi connectivity index (χ2n) is 6.70. The molecule has 2 rings (SSSR count). The van der Waals surface area contributed by atoms with Gasteiger partial charge in [0.05, 0.1) is 12.6 Å². The summed E-state index contributed by atoms with van der Waals surface area (Å²) in [7, 11) is 0. The van der Waals surface area contributed by atoms with Crippen LogP contribution in [-0.2, 0) is 19.2 Å². The van der Waals surface area contributed by atoms with Gasteiger partial charge in [-0.3, -0.25) is 14.4 Å². The van der Waals surface area contributed by atoms with Gasteiger partial charge in [-0.15, -0.1) is 0 Å². The number of likely N-dealkylation sites (tertiary alicyclic amines) is 2. The maximum absolute atomic E-state index is 12.9. The maximum Gasteiger partial charge on any atom is 0.328 e. The van der Waals surface area contributed by atoms with Gasteiger partial charge in [-0.2, -0.15) is 0 Å². The Morgan fingerprint density at radius 3 is 2.23 bits per heavy atom. The summed E-state index contributed by atoms with van der Waals surface area (Å²) in [6.45, 7) is 1.92. The van der Waals surface area contributed by atoms with Crippen molar-refractivity contribution < 1.29 is 29.4 Å². The fourth-order valence-electron chi connectivity index (χ4n) is 3.57. The van der Waals surface area contributed by atoms with Crippen molar-refractivity contribution in [1.82, 2.24) is 15.1 Å². The van der Waals surface area contributed by atoms with Crippen molar-refractivity contribution >= 4 is 23.7 Å². The molecule has 26 heavy (non-hydrogen) atoms. The Hall–Kier alpha value is -2.20. The summed E-state index contributed by atoms with van der Waals surface area (Å²) >= 11 is 0. The van der Waals surface area contributed by atoms with Gasteiger partial charge in [-0.25, -0.2) is 4.79 Å². The molecule has 2 saturated heterocycles. The smallest absolute Gasteiger partial charge is 0.328 e. The molecule has 2 aliphatic rings. The Kier molecular flexibility index (Phi) is 6.54. The summed E-state index contributed by atoms with van der Waals surface area (Å²) in [5.41, 5.74) is 5.40. The van der Waals surface area contributed by atoms with Gasteiger partial charge >= 0.3 is 5.97 Å². The predicted octanol–water partition coefficient (Wildman–Crippen LogP) is -2.12. The first-order valence-electron chi connectivity index (χ1n) is 8.79. The maximum atomic E-state index is 12.9. The second kappa shape index (κ2) is 8.45. The molecule has 2 aliphatic heterocycles. The van der Waals surface area contributed by atoms with Crippen LogP contribution in [0.2, 0.25) is 0 Å². The Morgan fingerprint density at radius 1 is 1.12 bits per heavy atom. The van der Waals surface area contributed by atoms with Crippen molar-refractivity contribution in [3.63, 3.8) is 0 Å². The fraction of sp³-hybridized carbons (Fsp3) is 0.750. The predicted molar refractivity (Wildman–Crippen MR) is 89.8 cm³/mol. The first-order valence-corrected chi connectivity index (χ1v) is 8.79. The minimum Gasteiger partial charge on any atom is -0.480 e. The van der Waals surface area contributed by atoms with Crippen LogP contribution >= 0.6 is 0 Å². The molecule has 5 N–H and O–H groups in total. The molecule has 3 amide bonds. The Bertz CT molecular complexity index is 581. The van der Waals surface area contributed by atoms with Gasteiger partial charge in [-0.1, -0.05) is 0 Å². The number of carboxylic acid groups (broad SMARTS) is 1. The highest BCUT2D eigenvalue weighted by molar-refractivity contribution is 5.94. The van der Waals surface area contributed by atoms with Crippen molar-refractivity contribution in [2.24, 2.45) is 5.73 Å². The van der Waals surface area contributed by atoms with Crippen LogP contribution in [0, 0.1) is 0 Å². The van der Waals surface area contributed by atoms with Crippen LogP contribution in [0.3, 0.4) is 0 Å². The summed E-state index contributed by atoms with van der Waals surface area (Å²) in [6, 6.07) is -2.88. The molecule has 2 heterocycles. The van der Waals surface area contributed by atoms with Crippen molar-refractivity contribution in [1.29, 1.82) is 0 Å². The molecular formula is C16H26N4O6. The van der Waals surface area contributed by atoms with E-state index in [2.05, 4.69) is 5.32 Å². The van der Waals surface area contributed by atoms with Gasteiger partial charge in [0.25, 0.3) is 0 Å². The standard InChI is InChI=1S/C16H26N4O6/c1-9(21)13(16(25)26)18-14(23)10-4-2-7-20(10)15(24)11-5-3-6-19(11)12(22)8-17/h9-11,13,21H,2-8,17H2,1H3,(H,18,23)(H,25,26). The number of hydrogen-bond donors (Lipinski definition) is 4. The highest BCUT2D eigenvalue weighted by atomic mass is 16.4. The lowest BCUT2D eigenvalue weighted by Gasteiger charge is -2.31. The Morgan fingerprint density at radius 2 is 1.69 bits per heavy atom. The number of aliphatic hydroxyl groups is 1. The lowest BCUT2D eigenvalue weighted by Crippen LogP contribution is -2.56. The van der Waals surface area contributed by atoms with E-state index in [-0.39, 0.29) is 18.4 Å². The van der Waals surface area contributed by atoms with Gasteiger partial charge < -0.3 is 31.1 Å². The number of rotatable bonds is 6. The van der Waals surface area contributed by atoms with Crippen LogP contribution in [0.1, 0.15) is 32.6 Å². The van der Waals surface area contributed by atoms with E-state index >= 15 is 0 Å². The molecule has 0 saturated carbocycles. The van der Waals surface area contributed by atoms with E-state index in [1.165, 1.54) is 16.7 Å². The average molecular weight is 370 g/mol. The van der Waals surface area contributed by atoms with Gasteiger partial charge in [0.1, 0.15) is 12.1 Å². The minimum absolute atomic E-state index is 0.178. The molecule has 0 bridgehead atoms. The van der Waals surface area contributed by atoms with Crippen LogP contribution in [-0.4, -0.2) is 87.6 Å². The third-order valence-electron chi connectivity index (χ3n) is 4.92. The van der Waals surface area contributed by atoms with E-state index in [1.54, 1.807) is 0 Å². The number of carbonyl (C=O) groups excluding carboxylic acids is 3. The monoisotopic (exact) mass is 370 g/mol. The molecule has 0 aliphatic carbocycles. The highest BCUT2D eigenvalue weighted by Crippen LogP contribution is 2.25. The Labute approximate surface area is 151 Å². The van der Waals surface area contributed by atoms with Crippen molar-refractivity contribution in [3.8, 4) is 0 Å². The molecule has 4 atom stereocenters. The lowest BCUT2D eigenvalue weighted by atomic mass is 10.1. The zero-order valence-electron chi connectivity index (χ0n) is 14.8. The number of amides is 3. The molecule has 146 valence electrons. The van der Waals surface area contributed by atoms with E-state index < -0.39 is 36.1 Å². The molecule has 0 aromatic carbocycles. The van der Waals surface area contributed by atoms with E-state index in [0.29, 0.717) is 38.8 Å². The highest BCUT2D eigenvalue weighted by Gasteiger charge is 2.42. The Balaban J connectivity index is 2.09. The molecule has 2 fully saturated rings. The van der Waals surface area contributed by atoms with E-state index in [4.69, 9.17) is 10.8 Å². The first kappa shape index (κ1) is 20.1. The van der Waals surface area contributed by atoms with Crippen LogP contribution in [0.4, 0.5) is 0 Å². The van der Waals surface area contributed by atoms with Crippen molar-refractivity contribution in [2.75, 3.05) is 19.6 Å². The number of carboxylic acids is 1. The largest absolute Gasteiger partial charge is 0.480 e. The third-order valence-corrected chi connectivity index (χ3v) is 4.92. The van der Waals surface area contributed by atoms with Gasteiger partial charge in [0, 0.05) is 13.1 Å². The van der Waals surface area contributed by atoms with Crippen LogP contribution in [0.5, 0.6) is 0 Å². The first-order chi connectivity index (χ1) is 12.3. The number of nitrogens with two attached hydrogens (primary N) is 1. The molecular weight excluding hydrogens is 344 g/mol. The summed E-state index contributed by atoms with van der Waals surface area (Å²) in [6.07, 6.45) is 0.945. The van der Waals surface area contributed by atoms with Gasteiger partial charge in [-0.05, 0) is 32.6 Å². The molecule has 0 spiro atoms. The van der Waals surface area contributed by atoms with Crippen molar-refractivity contribution in [2.45, 2.75) is 56.8 Å². The number of nitrogens with zero attached hydrogens (tertiary/aromatic N) is 2. The third kappa shape index (κ3) is 4.13. The summed E-state index contributed by atoms with van der Waals surface area (Å²) in [5.74, 6) is -2.58. The summed E-state index contributed by atoms with van der Waals surface area (Å²) in [5, 5.41) is 20.9. The molecule has 0 radical (unpaired) electrons. The van der Waals surface area contributed by atoms with Crippen LogP contribution in [0.25, 0.3) is 0 Å². The normalized spacial score (nSPS) is 25.0. The average Bonchev–Trinajstić information content (AvgIpc) is 3.26. The quantitative estimate of drug-likeness (QED) is 0.417. The SMILES string of the molecule is CC(O)C(NC(=O)C1CCCN1C(=O)C1CCCN1C(=O)CN)C(=O)O. The number of hydrogen-bond acceptors (Lipinski definition) is 6. The number of aliphatic hydroxyl groups excluding tert-OH is 1. The molecule has 4 unspecified atom stereocenters. The summed E-state index contributed by atoms with van der Waals surface area (Å²) < 4.78 is 0. The zero-order chi connectivity index (χ0) is 19.4. The van der Waals surface area contributed by atoms with Gasteiger partial charge in [0.2, 0.25) is 17.7 Å². The molecule has 10 heteroatoms. The topological polar surface area (TPSA) is 153 Å².